The molecular formula is C13H9NO4S. The Morgan fingerprint density at radius 2 is 2.00 bits per heavy atom. The minimum atomic E-state index is -0.601. The van der Waals surface area contributed by atoms with Crippen molar-refractivity contribution in [3.05, 3.63) is 63.9 Å². The Morgan fingerprint density at radius 1 is 1.21 bits per heavy atom. The molecule has 1 aromatic heterocycles. The number of hydrogen-bond acceptors (Lipinski definition) is 5. The van der Waals surface area contributed by atoms with Crippen LogP contribution in [-0.2, 0) is 9.47 Å². The molecule has 5 nitrogen and oxygen atoms in total. The number of rotatable bonds is 3. The van der Waals surface area contributed by atoms with Gasteiger partial charge in [0.1, 0.15) is 12.5 Å². The second-order valence-electron chi connectivity index (χ2n) is 3.89. The van der Waals surface area contributed by atoms with Gasteiger partial charge in [-0.15, -0.1) is 11.3 Å². The maximum Gasteiger partial charge on any atom is 0.278 e. The highest BCUT2D eigenvalue weighted by Gasteiger charge is 2.22. The summed E-state index contributed by atoms with van der Waals surface area (Å²) in [6.45, 7) is 0. The number of nitro benzene ring substituents is 1. The number of hydrogen-bond donors (Lipinski definition) is 0. The number of thiophene rings is 1. The first-order valence-electron chi connectivity index (χ1n) is 5.54. The lowest BCUT2D eigenvalue weighted by molar-refractivity contribution is -0.384. The molecule has 0 bridgehead atoms. The third kappa shape index (κ3) is 2.17. The molecule has 3 rings (SSSR count). The first-order chi connectivity index (χ1) is 9.25. The molecule has 0 unspecified atom stereocenters. The third-order valence-electron chi connectivity index (χ3n) is 2.74. The first kappa shape index (κ1) is 11.7. The van der Waals surface area contributed by atoms with Crippen molar-refractivity contribution >= 4 is 17.0 Å². The molecule has 0 amide bonds. The molecule has 0 saturated heterocycles. The van der Waals surface area contributed by atoms with Crippen molar-refractivity contribution < 1.29 is 14.4 Å². The average Bonchev–Trinajstić information content (AvgIpc) is 3.11. The minimum Gasteiger partial charge on any atom is -0.455 e. The molecule has 0 aliphatic carbocycles. The zero-order valence-electron chi connectivity index (χ0n) is 9.68. The van der Waals surface area contributed by atoms with Gasteiger partial charge in [0, 0.05) is 16.5 Å². The van der Waals surface area contributed by atoms with E-state index in [-0.39, 0.29) is 10.6 Å². The van der Waals surface area contributed by atoms with Crippen LogP contribution in [0.5, 0.6) is 0 Å². The maximum absolute atomic E-state index is 11.2. The summed E-state index contributed by atoms with van der Waals surface area (Å²) in [4.78, 5) is 11.7. The smallest absolute Gasteiger partial charge is 0.278 e. The average molecular weight is 275 g/mol. The van der Waals surface area contributed by atoms with Crippen LogP contribution in [0.1, 0.15) is 11.9 Å². The van der Waals surface area contributed by atoms with Crippen molar-refractivity contribution in [2.75, 3.05) is 0 Å². The summed E-state index contributed by atoms with van der Waals surface area (Å²) in [5.74, 6) is 0. The Hall–Kier alpha value is -2.34. The van der Waals surface area contributed by atoms with E-state index in [2.05, 4.69) is 0 Å². The van der Waals surface area contributed by atoms with Crippen molar-refractivity contribution in [2.24, 2.45) is 0 Å². The summed E-state index contributed by atoms with van der Waals surface area (Å²) in [6, 6.07) is 8.72. The maximum atomic E-state index is 11.2. The highest BCUT2D eigenvalue weighted by atomic mass is 32.1. The number of nitro groups is 1. The van der Waals surface area contributed by atoms with Crippen LogP contribution in [0, 0.1) is 10.1 Å². The molecule has 1 aliphatic rings. The summed E-state index contributed by atoms with van der Waals surface area (Å²) < 4.78 is 10.4. The van der Waals surface area contributed by atoms with E-state index >= 15 is 0 Å². The highest BCUT2D eigenvalue weighted by molar-refractivity contribution is 7.13. The van der Waals surface area contributed by atoms with Gasteiger partial charge in [0.2, 0.25) is 0 Å². The lowest BCUT2D eigenvalue weighted by Crippen LogP contribution is -2.00. The van der Waals surface area contributed by atoms with Gasteiger partial charge in [-0.2, -0.15) is 0 Å². The lowest BCUT2D eigenvalue weighted by Gasteiger charge is -2.11. The van der Waals surface area contributed by atoms with E-state index in [9.17, 15) is 10.1 Å². The van der Waals surface area contributed by atoms with Gasteiger partial charge >= 0.3 is 0 Å². The second kappa shape index (κ2) is 4.74. The molecule has 2 heterocycles. The van der Waals surface area contributed by atoms with Crippen molar-refractivity contribution in [3.8, 4) is 10.4 Å². The Morgan fingerprint density at radius 3 is 2.63 bits per heavy atom. The standard InChI is InChI=1S/C13H9NO4S/c15-14(16)11-8-9(13-17-5-6-18-13)3-4-10(11)12-2-1-7-19-12/h1-8,13H. The van der Waals surface area contributed by atoms with Crippen LogP contribution in [-0.4, -0.2) is 4.92 Å². The quantitative estimate of drug-likeness (QED) is 0.630. The fourth-order valence-electron chi connectivity index (χ4n) is 1.88. The van der Waals surface area contributed by atoms with Crippen molar-refractivity contribution in [2.45, 2.75) is 6.29 Å². The van der Waals surface area contributed by atoms with Gasteiger partial charge in [0.15, 0.2) is 0 Å². The molecule has 1 aliphatic heterocycles. The summed E-state index contributed by atoms with van der Waals surface area (Å²) in [5, 5.41) is 13.1. The van der Waals surface area contributed by atoms with Crippen LogP contribution < -0.4 is 0 Å². The highest BCUT2D eigenvalue weighted by Crippen LogP contribution is 2.36. The first-order valence-corrected chi connectivity index (χ1v) is 6.42. The van der Waals surface area contributed by atoms with Crippen molar-refractivity contribution in [3.63, 3.8) is 0 Å². The van der Waals surface area contributed by atoms with Crippen LogP contribution in [0.4, 0.5) is 5.69 Å². The normalized spacial score (nSPS) is 14.1. The van der Waals surface area contributed by atoms with Gasteiger partial charge in [0.05, 0.1) is 10.5 Å². The fourth-order valence-corrected chi connectivity index (χ4v) is 2.64. The zero-order chi connectivity index (χ0) is 13.2. The largest absolute Gasteiger partial charge is 0.455 e. The molecule has 0 N–H and O–H groups in total. The monoisotopic (exact) mass is 275 g/mol. The van der Waals surface area contributed by atoms with E-state index in [4.69, 9.17) is 9.47 Å². The molecular weight excluding hydrogens is 266 g/mol. The third-order valence-corrected chi connectivity index (χ3v) is 3.64. The predicted octanol–water partition coefficient (Wildman–Crippen LogP) is 3.84. The van der Waals surface area contributed by atoms with Crippen LogP contribution >= 0.6 is 11.3 Å². The summed E-state index contributed by atoms with van der Waals surface area (Å²) in [5.41, 5.74) is 1.28. The van der Waals surface area contributed by atoms with E-state index in [1.54, 1.807) is 12.1 Å². The molecule has 19 heavy (non-hydrogen) atoms. The van der Waals surface area contributed by atoms with E-state index in [0.717, 1.165) is 4.88 Å². The van der Waals surface area contributed by atoms with E-state index in [1.165, 1.54) is 29.9 Å². The molecule has 0 saturated carbocycles. The van der Waals surface area contributed by atoms with Gasteiger partial charge in [-0.05, 0) is 17.5 Å². The summed E-state index contributed by atoms with van der Waals surface area (Å²) in [6.07, 6.45) is 2.24. The second-order valence-corrected chi connectivity index (χ2v) is 4.83. The molecule has 0 fully saturated rings. The minimum absolute atomic E-state index is 0.0547. The molecule has 96 valence electrons. The van der Waals surface area contributed by atoms with Crippen molar-refractivity contribution in [1.82, 2.24) is 0 Å². The Labute approximate surface area is 112 Å². The molecule has 0 spiro atoms. The Bertz CT molecular complexity index is 628. The zero-order valence-corrected chi connectivity index (χ0v) is 10.5. The number of nitrogens with zero attached hydrogens (tertiary/aromatic N) is 1. The topological polar surface area (TPSA) is 61.6 Å². The predicted molar refractivity (Wildman–Crippen MR) is 70.5 cm³/mol. The number of benzene rings is 1. The van der Waals surface area contributed by atoms with Gasteiger partial charge in [-0.1, -0.05) is 12.1 Å². The lowest BCUT2D eigenvalue weighted by atomic mass is 10.1. The van der Waals surface area contributed by atoms with Crippen LogP contribution in [0.2, 0.25) is 0 Å². The van der Waals surface area contributed by atoms with Crippen LogP contribution in [0.3, 0.4) is 0 Å². The van der Waals surface area contributed by atoms with Crippen LogP contribution in [0.25, 0.3) is 10.4 Å². The molecule has 2 aromatic rings. The fraction of sp³-hybridized carbons (Fsp3) is 0.0769. The summed E-state index contributed by atoms with van der Waals surface area (Å²) in [7, 11) is 0. The molecule has 0 radical (unpaired) electrons. The number of ether oxygens (including phenoxy) is 2. The molecule has 6 heteroatoms. The van der Waals surface area contributed by atoms with Crippen molar-refractivity contribution in [1.29, 1.82) is 0 Å². The van der Waals surface area contributed by atoms with E-state index in [0.29, 0.717) is 11.1 Å². The Balaban J connectivity index is 2.04. The molecule has 0 atom stereocenters. The molecule has 1 aromatic carbocycles. The van der Waals surface area contributed by atoms with Gasteiger partial charge < -0.3 is 9.47 Å². The van der Waals surface area contributed by atoms with Gasteiger partial charge in [0.25, 0.3) is 12.0 Å². The van der Waals surface area contributed by atoms with Gasteiger partial charge in [-0.3, -0.25) is 10.1 Å². The summed E-state index contributed by atoms with van der Waals surface area (Å²) >= 11 is 1.47. The Kier molecular flexibility index (Phi) is 2.92. The van der Waals surface area contributed by atoms with E-state index in [1.807, 2.05) is 17.5 Å². The van der Waals surface area contributed by atoms with E-state index < -0.39 is 6.29 Å². The van der Waals surface area contributed by atoms with Gasteiger partial charge in [-0.25, -0.2) is 0 Å². The SMILES string of the molecule is O=[N+]([O-])c1cc(C2OC=CO2)ccc1-c1cccs1. The van der Waals surface area contributed by atoms with Crippen LogP contribution in [0.15, 0.2) is 48.2 Å².